The number of nitrogens with zero attached hydrogens (tertiary/aromatic N) is 1. The molecule has 15 heavy (non-hydrogen) atoms. The standard InChI is InChI=1S/C10H12N2O2S/c1-3-7-4-5-8-9(6(7)2)10(11)12-15(8,13)14/h4-5H,3H2,1-2H3,(H2,11,12). The summed E-state index contributed by atoms with van der Waals surface area (Å²) in [4.78, 5) is 0.231. The lowest BCUT2D eigenvalue weighted by molar-refractivity contribution is 0.599. The van der Waals surface area contributed by atoms with E-state index in [0.717, 1.165) is 17.5 Å². The van der Waals surface area contributed by atoms with Crippen LogP contribution in [0.3, 0.4) is 0 Å². The zero-order valence-electron chi connectivity index (χ0n) is 8.61. The molecule has 0 atom stereocenters. The highest BCUT2D eigenvalue weighted by Crippen LogP contribution is 2.29. The maximum atomic E-state index is 11.5. The lowest BCUT2D eigenvalue weighted by Gasteiger charge is -2.07. The molecule has 0 unspecified atom stereocenters. The first-order valence-corrected chi connectivity index (χ1v) is 6.14. The van der Waals surface area contributed by atoms with E-state index in [4.69, 9.17) is 5.73 Å². The van der Waals surface area contributed by atoms with Gasteiger partial charge in [0.2, 0.25) is 0 Å². The highest BCUT2D eigenvalue weighted by molar-refractivity contribution is 7.90. The summed E-state index contributed by atoms with van der Waals surface area (Å²) in [5.74, 6) is 0.109. The molecular formula is C10H12N2O2S. The summed E-state index contributed by atoms with van der Waals surface area (Å²) in [7, 11) is -3.54. The molecule has 5 heteroatoms. The van der Waals surface area contributed by atoms with E-state index < -0.39 is 10.0 Å². The third-order valence-electron chi connectivity index (χ3n) is 2.67. The monoisotopic (exact) mass is 224 g/mol. The highest BCUT2D eigenvalue weighted by atomic mass is 32.2. The van der Waals surface area contributed by atoms with E-state index in [9.17, 15) is 8.42 Å². The van der Waals surface area contributed by atoms with Crippen molar-refractivity contribution in [2.75, 3.05) is 0 Å². The highest BCUT2D eigenvalue weighted by Gasteiger charge is 2.29. The first-order chi connectivity index (χ1) is 6.97. The van der Waals surface area contributed by atoms with Crippen LogP contribution in [0.5, 0.6) is 0 Å². The molecule has 0 bridgehead atoms. The van der Waals surface area contributed by atoms with Crippen LogP contribution in [-0.4, -0.2) is 14.3 Å². The Balaban J connectivity index is 2.82. The molecule has 0 radical (unpaired) electrons. The summed E-state index contributed by atoms with van der Waals surface area (Å²) >= 11 is 0. The van der Waals surface area contributed by atoms with E-state index in [1.165, 1.54) is 0 Å². The van der Waals surface area contributed by atoms with Gasteiger partial charge in [0, 0.05) is 5.56 Å². The fraction of sp³-hybridized carbons (Fsp3) is 0.300. The summed E-state index contributed by atoms with van der Waals surface area (Å²) < 4.78 is 26.6. The summed E-state index contributed by atoms with van der Waals surface area (Å²) in [6.45, 7) is 3.90. The van der Waals surface area contributed by atoms with Gasteiger partial charge in [-0.1, -0.05) is 13.0 Å². The van der Waals surface area contributed by atoms with E-state index in [2.05, 4.69) is 4.40 Å². The Labute approximate surface area is 88.9 Å². The Hall–Kier alpha value is -1.36. The van der Waals surface area contributed by atoms with Gasteiger partial charge < -0.3 is 5.73 Å². The number of hydrogen-bond donors (Lipinski definition) is 1. The maximum absolute atomic E-state index is 11.5. The second-order valence-electron chi connectivity index (χ2n) is 3.53. The van der Waals surface area contributed by atoms with Crippen molar-refractivity contribution in [2.24, 2.45) is 10.1 Å². The van der Waals surface area contributed by atoms with Gasteiger partial charge in [-0.2, -0.15) is 8.42 Å². The van der Waals surface area contributed by atoms with E-state index in [1.807, 2.05) is 19.9 Å². The number of hydrogen-bond acceptors (Lipinski definition) is 3. The van der Waals surface area contributed by atoms with Crippen molar-refractivity contribution >= 4 is 15.9 Å². The normalized spacial score (nSPS) is 17.3. The van der Waals surface area contributed by atoms with Crippen molar-refractivity contribution < 1.29 is 8.42 Å². The second kappa shape index (κ2) is 3.06. The zero-order chi connectivity index (χ0) is 11.2. The molecule has 2 rings (SSSR count). The topological polar surface area (TPSA) is 72.5 Å². The zero-order valence-corrected chi connectivity index (χ0v) is 9.43. The first kappa shape index (κ1) is 10.2. The third-order valence-corrected chi connectivity index (χ3v) is 4.01. The number of benzene rings is 1. The molecule has 4 nitrogen and oxygen atoms in total. The van der Waals surface area contributed by atoms with Gasteiger partial charge in [-0.3, -0.25) is 0 Å². The number of nitrogens with two attached hydrogens (primary N) is 1. The van der Waals surface area contributed by atoms with E-state index in [0.29, 0.717) is 5.56 Å². The van der Waals surface area contributed by atoms with Crippen molar-refractivity contribution in [2.45, 2.75) is 25.2 Å². The molecule has 2 N–H and O–H groups in total. The Bertz CT molecular complexity index is 559. The van der Waals surface area contributed by atoms with Crippen molar-refractivity contribution in [1.82, 2.24) is 0 Å². The molecule has 0 aromatic heterocycles. The molecule has 0 fully saturated rings. The molecule has 0 aliphatic carbocycles. The van der Waals surface area contributed by atoms with Crippen molar-refractivity contribution in [3.8, 4) is 0 Å². The van der Waals surface area contributed by atoms with Crippen LogP contribution in [0.15, 0.2) is 21.4 Å². The Kier molecular flexibility index (Phi) is 2.08. The van der Waals surface area contributed by atoms with Gasteiger partial charge >= 0.3 is 0 Å². The molecule has 1 aliphatic rings. The fourth-order valence-electron chi connectivity index (χ4n) is 1.87. The number of sulfonamides is 1. The number of aryl methyl sites for hydroxylation is 1. The van der Waals surface area contributed by atoms with Crippen molar-refractivity contribution in [3.63, 3.8) is 0 Å². The van der Waals surface area contributed by atoms with Crippen LogP contribution in [0, 0.1) is 6.92 Å². The second-order valence-corrected chi connectivity index (χ2v) is 5.10. The van der Waals surface area contributed by atoms with Crippen LogP contribution < -0.4 is 5.73 Å². The van der Waals surface area contributed by atoms with Gasteiger partial charge in [-0.25, -0.2) is 0 Å². The Morgan fingerprint density at radius 2 is 2.07 bits per heavy atom. The Morgan fingerprint density at radius 1 is 1.40 bits per heavy atom. The average Bonchev–Trinajstić information content (AvgIpc) is 2.38. The molecule has 80 valence electrons. The van der Waals surface area contributed by atoms with Gasteiger partial charge in [0.1, 0.15) is 10.7 Å². The van der Waals surface area contributed by atoms with Gasteiger partial charge in [-0.15, -0.1) is 4.40 Å². The van der Waals surface area contributed by atoms with Gasteiger partial charge in [0.25, 0.3) is 10.0 Å². The molecular weight excluding hydrogens is 212 g/mol. The minimum absolute atomic E-state index is 0.109. The molecule has 1 heterocycles. The van der Waals surface area contributed by atoms with Crippen molar-refractivity contribution in [1.29, 1.82) is 0 Å². The van der Waals surface area contributed by atoms with Gasteiger partial charge in [-0.05, 0) is 30.5 Å². The van der Waals surface area contributed by atoms with Crippen LogP contribution in [0.2, 0.25) is 0 Å². The van der Waals surface area contributed by atoms with E-state index in [1.54, 1.807) is 6.07 Å². The average molecular weight is 224 g/mol. The molecule has 1 aromatic rings. The van der Waals surface area contributed by atoms with Crippen LogP contribution in [0.25, 0.3) is 0 Å². The smallest absolute Gasteiger partial charge is 0.285 e. The lowest BCUT2D eigenvalue weighted by atomic mass is 10.00. The molecule has 0 amide bonds. The predicted molar refractivity (Wildman–Crippen MR) is 58.5 cm³/mol. The van der Waals surface area contributed by atoms with Crippen LogP contribution in [-0.2, 0) is 16.4 Å². The van der Waals surface area contributed by atoms with Crippen LogP contribution in [0.4, 0.5) is 0 Å². The largest absolute Gasteiger partial charge is 0.382 e. The number of fused-ring (bicyclic) bond motifs is 1. The number of amidine groups is 1. The minimum Gasteiger partial charge on any atom is -0.382 e. The van der Waals surface area contributed by atoms with Crippen molar-refractivity contribution in [3.05, 3.63) is 28.8 Å². The minimum atomic E-state index is -3.54. The first-order valence-electron chi connectivity index (χ1n) is 4.70. The van der Waals surface area contributed by atoms with Gasteiger partial charge in [0.15, 0.2) is 0 Å². The molecule has 0 spiro atoms. The van der Waals surface area contributed by atoms with Gasteiger partial charge in [0.05, 0.1) is 0 Å². The van der Waals surface area contributed by atoms with Crippen LogP contribution >= 0.6 is 0 Å². The third kappa shape index (κ3) is 1.34. The fourth-order valence-corrected chi connectivity index (χ4v) is 3.07. The number of rotatable bonds is 1. The quantitative estimate of drug-likeness (QED) is 0.772. The lowest BCUT2D eigenvalue weighted by Crippen LogP contribution is -2.13. The SMILES string of the molecule is CCc1ccc2c(c1C)C(N)=NS2(=O)=O. The molecule has 1 aliphatic heterocycles. The molecule has 0 saturated carbocycles. The van der Waals surface area contributed by atoms with E-state index in [-0.39, 0.29) is 10.7 Å². The Morgan fingerprint density at radius 3 is 2.67 bits per heavy atom. The summed E-state index contributed by atoms with van der Waals surface area (Å²) in [6.07, 6.45) is 0.854. The maximum Gasteiger partial charge on any atom is 0.285 e. The predicted octanol–water partition coefficient (Wildman–Crippen LogP) is 0.965. The summed E-state index contributed by atoms with van der Waals surface area (Å²) in [5, 5.41) is 0. The van der Waals surface area contributed by atoms with Crippen LogP contribution in [0.1, 0.15) is 23.6 Å². The summed E-state index contributed by atoms with van der Waals surface area (Å²) in [5.41, 5.74) is 8.21. The molecule has 1 aromatic carbocycles. The summed E-state index contributed by atoms with van der Waals surface area (Å²) in [6, 6.07) is 3.40. The molecule has 0 saturated heterocycles. The van der Waals surface area contributed by atoms with E-state index >= 15 is 0 Å².